The summed E-state index contributed by atoms with van der Waals surface area (Å²) in [7, 11) is 1.58. The minimum atomic E-state index is -0.524. The van der Waals surface area contributed by atoms with E-state index in [2.05, 4.69) is 9.97 Å². The van der Waals surface area contributed by atoms with Crippen molar-refractivity contribution < 1.29 is 9.53 Å². The van der Waals surface area contributed by atoms with Gasteiger partial charge in [0.05, 0.1) is 12.8 Å². The molecular weight excluding hydrogens is 246 g/mol. The predicted molar refractivity (Wildman–Crippen MR) is 70.1 cm³/mol. The van der Waals surface area contributed by atoms with Gasteiger partial charge in [0.1, 0.15) is 11.4 Å². The highest BCUT2D eigenvalue weighted by Gasteiger charge is 2.10. The molecule has 0 unspecified atom stereocenters. The zero-order valence-electron chi connectivity index (χ0n) is 10.3. The number of amides is 1. The average Bonchev–Trinajstić information content (AvgIpc) is 2.45. The van der Waals surface area contributed by atoms with E-state index in [0.717, 1.165) is 11.3 Å². The van der Waals surface area contributed by atoms with Crippen molar-refractivity contribution in [2.75, 3.05) is 12.8 Å². The minimum absolute atomic E-state index is 0.00641. The molecule has 1 amide bonds. The molecule has 0 fully saturated rings. The van der Waals surface area contributed by atoms with Crippen LogP contribution in [0.2, 0.25) is 0 Å². The van der Waals surface area contributed by atoms with Gasteiger partial charge in [-0.3, -0.25) is 10.2 Å². The van der Waals surface area contributed by atoms with E-state index >= 15 is 0 Å². The Morgan fingerprint density at radius 1 is 1.26 bits per heavy atom. The van der Waals surface area contributed by atoms with Crippen LogP contribution in [0, 0.1) is 0 Å². The molecule has 0 radical (unpaired) electrons. The summed E-state index contributed by atoms with van der Waals surface area (Å²) < 4.78 is 5.07. The number of carbonyl (C=O) groups excluding carboxylic acids is 1. The Hall–Kier alpha value is -2.67. The Kier molecular flexibility index (Phi) is 3.58. The SMILES string of the molecule is COc1ccc(-c2cc(C(=O)NN)nc(N)n2)cc1. The second-order valence-electron chi connectivity index (χ2n) is 3.70. The van der Waals surface area contributed by atoms with E-state index in [1.165, 1.54) is 6.07 Å². The van der Waals surface area contributed by atoms with Crippen LogP contribution in [0.5, 0.6) is 5.75 Å². The van der Waals surface area contributed by atoms with Crippen molar-refractivity contribution >= 4 is 11.9 Å². The number of rotatable bonds is 3. The molecule has 0 aliphatic heterocycles. The van der Waals surface area contributed by atoms with E-state index < -0.39 is 5.91 Å². The number of methoxy groups -OCH3 is 1. The first-order valence-corrected chi connectivity index (χ1v) is 5.44. The smallest absolute Gasteiger partial charge is 0.283 e. The lowest BCUT2D eigenvalue weighted by atomic mass is 10.1. The van der Waals surface area contributed by atoms with Crippen molar-refractivity contribution in [2.45, 2.75) is 0 Å². The summed E-state index contributed by atoms with van der Waals surface area (Å²) >= 11 is 0. The summed E-state index contributed by atoms with van der Waals surface area (Å²) in [6, 6.07) is 8.71. The van der Waals surface area contributed by atoms with Crippen LogP contribution in [0.1, 0.15) is 10.5 Å². The molecule has 2 rings (SSSR count). The largest absolute Gasteiger partial charge is 0.497 e. The second-order valence-corrected chi connectivity index (χ2v) is 3.70. The maximum atomic E-state index is 11.4. The highest BCUT2D eigenvalue weighted by Crippen LogP contribution is 2.21. The number of aromatic nitrogens is 2. The second kappa shape index (κ2) is 5.32. The number of hydrogen-bond acceptors (Lipinski definition) is 6. The van der Waals surface area contributed by atoms with Gasteiger partial charge in [0, 0.05) is 5.56 Å². The van der Waals surface area contributed by atoms with E-state index in [4.69, 9.17) is 16.3 Å². The van der Waals surface area contributed by atoms with Crippen LogP contribution in [-0.4, -0.2) is 23.0 Å². The van der Waals surface area contributed by atoms with Gasteiger partial charge in [-0.1, -0.05) is 0 Å². The number of ether oxygens (including phenoxy) is 1. The molecule has 5 N–H and O–H groups in total. The average molecular weight is 259 g/mol. The Bertz CT molecular complexity index is 598. The van der Waals surface area contributed by atoms with Gasteiger partial charge >= 0.3 is 0 Å². The van der Waals surface area contributed by atoms with Crippen molar-refractivity contribution in [3.8, 4) is 17.0 Å². The van der Waals surface area contributed by atoms with Crippen LogP contribution in [-0.2, 0) is 0 Å². The molecule has 0 saturated carbocycles. The van der Waals surface area contributed by atoms with Gasteiger partial charge in [0.25, 0.3) is 5.91 Å². The monoisotopic (exact) mass is 259 g/mol. The highest BCUT2D eigenvalue weighted by molar-refractivity contribution is 5.93. The number of nitrogen functional groups attached to an aromatic ring is 2. The highest BCUT2D eigenvalue weighted by atomic mass is 16.5. The summed E-state index contributed by atoms with van der Waals surface area (Å²) in [5.74, 6) is 5.27. The molecule has 7 heteroatoms. The fraction of sp³-hybridized carbons (Fsp3) is 0.0833. The zero-order valence-corrected chi connectivity index (χ0v) is 10.3. The van der Waals surface area contributed by atoms with Gasteiger partial charge in [0.2, 0.25) is 5.95 Å². The number of anilines is 1. The van der Waals surface area contributed by atoms with Crippen LogP contribution >= 0.6 is 0 Å². The lowest BCUT2D eigenvalue weighted by Gasteiger charge is -2.06. The molecule has 1 aromatic carbocycles. The molecule has 19 heavy (non-hydrogen) atoms. The fourth-order valence-corrected chi connectivity index (χ4v) is 1.57. The number of hydrazine groups is 1. The predicted octanol–water partition coefficient (Wildman–Crippen LogP) is 0.338. The Morgan fingerprint density at radius 2 is 1.95 bits per heavy atom. The molecule has 98 valence electrons. The van der Waals surface area contributed by atoms with Crippen molar-refractivity contribution in [1.29, 1.82) is 0 Å². The van der Waals surface area contributed by atoms with E-state index in [1.807, 2.05) is 17.6 Å². The van der Waals surface area contributed by atoms with Crippen molar-refractivity contribution in [2.24, 2.45) is 5.84 Å². The number of benzene rings is 1. The van der Waals surface area contributed by atoms with E-state index in [9.17, 15) is 4.79 Å². The molecule has 1 aromatic heterocycles. The third-order valence-electron chi connectivity index (χ3n) is 2.49. The number of nitrogens with one attached hydrogen (secondary N) is 1. The summed E-state index contributed by atoms with van der Waals surface area (Å²) in [4.78, 5) is 19.3. The van der Waals surface area contributed by atoms with Crippen LogP contribution in [0.4, 0.5) is 5.95 Å². The quantitative estimate of drug-likeness (QED) is 0.415. The summed E-state index contributed by atoms with van der Waals surface area (Å²) in [5, 5.41) is 0. The van der Waals surface area contributed by atoms with Gasteiger partial charge in [0.15, 0.2) is 0 Å². The molecule has 0 saturated heterocycles. The fourth-order valence-electron chi connectivity index (χ4n) is 1.57. The van der Waals surface area contributed by atoms with Crippen molar-refractivity contribution in [3.05, 3.63) is 36.0 Å². The maximum Gasteiger partial charge on any atom is 0.283 e. The normalized spacial score (nSPS) is 10.0. The molecular formula is C12H13N5O2. The van der Waals surface area contributed by atoms with Crippen LogP contribution in [0.25, 0.3) is 11.3 Å². The van der Waals surface area contributed by atoms with Gasteiger partial charge in [-0.25, -0.2) is 15.8 Å². The molecule has 2 aromatic rings. The molecule has 0 bridgehead atoms. The molecule has 7 nitrogen and oxygen atoms in total. The van der Waals surface area contributed by atoms with Gasteiger partial charge in [-0.15, -0.1) is 0 Å². The maximum absolute atomic E-state index is 11.4. The molecule has 0 aliphatic rings. The summed E-state index contributed by atoms with van der Waals surface area (Å²) in [6.45, 7) is 0. The van der Waals surface area contributed by atoms with Crippen LogP contribution in [0.15, 0.2) is 30.3 Å². The number of carbonyl (C=O) groups is 1. The van der Waals surface area contributed by atoms with E-state index in [1.54, 1.807) is 19.2 Å². The topological polar surface area (TPSA) is 116 Å². The first-order chi connectivity index (χ1) is 9.13. The van der Waals surface area contributed by atoms with Gasteiger partial charge in [-0.05, 0) is 30.3 Å². The molecule has 1 heterocycles. The van der Waals surface area contributed by atoms with Crippen LogP contribution in [0.3, 0.4) is 0 Å². The lowest BCUT2D eigenvalue weighted by Crippen LogP contribution is -2.31. The van der Waals surface area contributed by atoms with Gasteiger partial charge < -0.3 is 10.5 Å². The third kappa shape index (κ3) is 2.78. The molecule has 0 aliphatic carbocycles. The first-order valence-electron chi connectivity index (χ1n) is 5.44. The van der Waals surface area contributed by atoms with E-state index in [-0.39, 0.29) is 11.6 Å². The minimum Gasteiger partial charge on any atom is -0.497 e. The van der Waals surface area contributed by atoms with Crippen molar-refractivity contribution in [3.63, 3.8) is 0 Å². The summed E-state index contributed by atoms with van der Waals surface area (Å²) in [6.07, 6.45) is 0. The Balaban J connectivity index is 2.43. The third-order valence-corrected chi connectivity index (χ3v) is 2.49. The molecule has 0 spiro atoms. The zero-order chi connectivity index (χ0) is 13.8. The van der Waals surface area contributed by atoms with Gasteiger partial charge in [-0.2, -0.15) is 0 Å². The lowest BCUT2D eigenvalue weighted by molar-refractivity contribution is 0.0948. The van der Waals surface area contributed by atoms with Crippen LogP contribution < -0.4 is 21.7 Å². The summed E-state index contributed by atoms with van der Waals surface area (Å²) in [5.41, 5.74) is 9.02. The Labute approximate surface area is 109 Å². The molecule has 0 atom stereocenters. The van der Waals surface area contributed by atoms with E-state index in [0.29, 0.717) is 5.69 Å². The standard InChI is InChI=1S/C12H13N5O2/c1-19-8-4-2-7(3-5-8)9-6-10(11(18)17-14)16-12(13)15-9/h2-6H,14H2,1H3,(H,17,18)(H2,13,15,16). The number of hydrogen-bond donors (Lipinski definition) is 3. The number of nitrogens with two attached hydrogens (primary N) is 2. The van der Waals surface area contributed by atoms with Crippen molar-refractivity contribution in [1.82, 2.24) is 15.4 Å². The number of nitrogens with zero attached hydrogens (tertiary/aromatic N) is 2. The Morgan fingerprint density at radius 3 is 2.53 bits per heavy atom. The first kappa shape index (κ1) is 12.8.